The summed E-state index contributed by atoms with van der Waals surface area (Å²) in [5.41, 5.74) is 0.839. The quantitative estimate of drug-likeness (QED) is 0.564. The van der Waals surface area contributed by atoms with E-state index in [1.165, 1.54) is 18.2 Å². The van der Waals surface area contributed by atoms with Crippen molar-refractivity contribution >= 4 is 75.4 Å². The summed E-state index contributed by atoms with van der Waals surface area (Å²) in [5, 5.41) is 10.7. The second-order valence-electron chi connectivity index (χ2n) is 5.33. The van der Waals surface area contributed by atoms with Gasteiger partial charge in [-0.15, -0.1) is 0 Å². The number of aromatic hydroxyl groups is 1. The number of benzene rings is 2. The molecule has 1 fully saturated rings. The Morgan fingerprint density at radius 2 is 1.69 bits per heavy atom. The molecule has 2 amide bonds. The zero-order valence-corrected chi connectivity index (χ0v) is 16.6. The van der Waals surface area contributed by atoms with Crippen molar-refractivity contribution < 1.29 is 14.7 Å². The van der Waals surface area contributed by atoms with Crippen LogP contribution >= 0.6 is 58.2 Å². The summed E-state index contributed by atoms with van der Waals surface area (Å²) in [6.07, 6.45) is 1.38. The van der Waals surface area contributed by atoms with Gasteiger partial charge in [-0.3, -0.25) is 14.5 Å². The van der Waals surface area contributed by atoms with E-state index in [0.29, 0.717) is 20.6 Å². The lowest BCUT2D eigenvalue weighted by molar-refractivity contribution is -0.123. The molecule has 0 unspecified atom stereocenters. The third-order valence-electron chi connectivity index (χ3n) is 3.56. The van der Waals surface area contributed by atoms with E-state index < -0.39 is 11.1 Å². The average Bonchev–Trinajstić information content (AvgIpc) is 2.82. The molecule has 2 aromatic rings. The number of amides is 2. The molecular weight excluding hydrogens is 440 g/mol. The number of hydrogen-bond acceptors (Lipinski definition) is 4. The van der Waals surface area contributed by atoms with Crippen LogP contribution in [0.4, 0.5) is 4.79 Å². The van der Waals surface area contributed by atoms with Gasteiger partial charge in [0, 0.05) is 20.6 Å². The molecule has 26 heavy (non-hydrogen) atoms. The minimum atomic E-state index is -0.499. The van der Waals surface area contributed by atoms with Crippen molar-refractivity contribution in [3.05, 3.63) is 66.5 Å². The molecule has 0 atom stereocenters. The molecule has 0 spiro atoms. The molecule has 0 saturated carbocycles. The Morgan fingerprint density at radius 1 is 1.00 bits per heavy atom. The summed E-state index contributed by atoms with van der Waals surface area (Å²) in [5.74, 6) is -0.717. The van der Waals surface area contributed by atoms with Crippen molar-refractivity contribution in [3.8, 4) is 5.75 Å². The number of thioether (sulfide) groups is 1. The molecule has 9 heteroatoms. The largest absolute Gasteiger partial charge is 0.506 e. The van der Waals surface area contributed by atoms with Gasteiger partial charge in [0.25, 0.3) is 11.1 Å². The first-order valence-corrected chi connectivity index (χ1v) is 9.46. The van der Waals surface area contributed by atoms with Crippen LogP contribution in [0.25, 0.3) is 6.08 Å². The van der Waals surface area contributed by atoms with Crippen LogP contribution in [0.2, 0.25) is 20.1 Å². The maximum atomic E-state index is 12.6. The van der Waals surface area contributed by atoms with Gasteiger partial charge in [-0.1, -0.05) is 52.5 Å². The van der Waals surface area contributed by atoms with Crippen molar-refractivity contribution in [1.29, 1.82) is 0 Å². The predicted octanol–water partition coefficient (Wildman–Crippen LogP) is 6.24. The Kier molecular flexibility index (Phi) is 5.75. The van der Waals surface area contributed by atoms with E-state index in [0.717, 1.165) is 16.7 Å². The van der Waals surface area contributed by atoms with Crippen molar-refractivity contribution in [2.75, 3.05) is 0 Å². The molecule has 2 aromatic carbocycles. The van der Waals surface area contributed by atoms with Gasteiger partial charge in [-0.05, 0) is 47.7 Å². The molecule has 1 N–H and O–H groups in total. The van der Waals surface area contributed by atoms with E-state index in [-0.39, 0.29) is 27.8 Å². The van der Waals surface area contributed by atoms with Crippen LogP contribution in [0.15, 0.2) is 35.2 Å². The van der Waals surface area contributed by atoms with E-state index in [1.807, 2.05) is 0 Å². The highest BCUT2D eigenvalue weighted by Gasteiger charge is 2.35. The van der Waals surface area contributed by atoms with E-state index >= 15 is 0 Å². The first-order valence-electron chi connectivity index (χ1n) is 7.13. The zero-order valence-electron chi connectivity index (χ0n) is 12.8. The maximum Gasteiger partial charge on any atom is 0.293 e. The summed E-state index contributed by atoms with van der Waals surface area (Å²) in [6.45, 7) is 0.0142. The number of phenols is 1. The Bertz CT molecular complexity index is 961. The van der Waals surface area contributed by atoms with Gasteiger partial charge in [-0.2, -0.15) is 0 Å². The normalized spacial score (nSPS) is 16.0. The minimum absolute atomic E-state index is 0.0142. The lowest BCUT2D eigenvalue weighted by atomic mass is 10.1. The van der Waals surface area contributed by atoms with Crippen LogP contribution in [0.3, 0.4) is 0 Å². The van der Waals surface area contributed by atoms with Crippen molar-refractivity contribution in [2.24, 2.45) is 0 Å². The van der Waals surface area contributed by atoms with Crippen LogP contribution in [0, 0.1) is 0 Å². The maximum absolute atomic E-state index is 12.6. The first-order chi connectivity index (χ1) is 12.3. The number of hydrogen-bond donors (Lipinski definition) is 1. The van der Waals surface area contributed by atoms with E-state index in [1.54, 1.807) is 18.2 Å². The topological polar surface area (TPSA) is 57.6 Å². The van der Waals surface area contributed by atoms with E-state index in [9.17, 15) is 14.7 Å². The molecule has 3 rings (SSSR count). The van der Waals surface area contributed by atoms with Crippen LogP contribution in [0.5, 0.6) is 5.75 Å². The highest BCUT2D eigenvalue weighted by molar-refractivity contribution is 8.18. The standard InChI is InChI=1S/C17H9Cl4NO3S/c18-10-2-1-8(12(20)5-10)7-22-16(24)14(26-17(22)25)4-9-3-11(19)6-13(21)15(9)23/h1-6,23H,7H2/b14-4-. The number of carbonyl (C=O) groups is 2. The smallest absolute Gasteiger partial charge is 0.293 e. The minimum Gasteiger partial charge on any atom is -0.506 e. The summed E-state index contributed by atoms with van der Waals surface area (Å²) < 4.78 is 0. The fraction of sp³-hybridized carbons (Fsp3) is 0.0588. The average molecular weight is 449 g/mol. The summed E-state index contributed by atoms with van der Waals surface area (Å²) in [7, 11) is 0. The third-order valence-corrected chi connectivity index (χ3v) is 5.56. The van der Waals surface area contributed by atoms with Crippen LogP contribution in [-0.2, 0) is 11.3 Å². The van der Waals surface area contributed by atoms with E-state index in [2.05, 4.69) is 0 Å². The van der Waals surface area contributed by atoms with Gasteiger partial charge in [-0.25, -0.2) is 0 Å². The molecule has 1 aliphatic rings. The van der Waals surface area contributed by atoms with Crippen molar-refractivity contribution in [1.82, 2.24) is 4.90 Å². The molecule has 0 bridgehead atoms. The van der Waals surface area contributed by atoms with Gasteiger partial charge in [0.05, 0.1) is 16.5 Å². The lowest BCUT2D eigenvalue weighted by Gasteiger charge is -2.13. The number of imide groups is 1. The molecule has 1 aliphatic heterocycles. The molecule has 1 saturated heterocycles. The predicted molar refractivity (Wildman–Crippen MR) is 106 cm³/mol. The fourth-order valence-corrected chi connectivity index (χ4v) is 4.10. The van der Waals surface area contributed by atoms with Crippen LogP contribution < -0.4 is 0 Å². The molecule has 0 aromatic heterocycles. The molecule has 1 heterocycles. The van der Waals surface area contributed by atoms with Gasteiger partial charge in [0.2, 0.25) is 0 Å². The van der Waals surface area contributed by atoms with Gasteiger partial charge < -0.3 is 5.11 Å². The Balaban J connectivity index is 1.89. The van der Waals surface area contributed by atoms with Gasteiger partial charge in [0.1, 0.15) is 5.75 Å². The SMILES string of the molecule is O=C1S/C(=C\c2cc(Cl)cc(Cl)c2O)C(=O)N1Cc1ccc(Cl)cc1Cl. The first kappa shape index (κ1) is 19.4. The monoisotopic (exact) mass is 447 g/mol. The molecule has 4 nitrogen and oxygen atoms in total. The lowest BCUT2D eigenvalue weighted by Crippen LogP contribution is -2.27. The third kappa shape index (κ3) is 3.97. The Labute approximate surface area is 173 Å². The zero-order chi connectivity index (χ0) is 19.0. The summed E-state index contributed by atoms with van der Waals surface area (Å²) in [4.78, 5) is 26.0. The summed E-state index contributed by atoms with van der Waals surface area (Å²) in [6, 6.07) is 7.65. The van der Waals surface area contributed by atoms with Gasteiger partial charge >= 0.3 is 0 Å². The second kappa shape index (κ2) is 7.71. The molecule has 0 radical (unpaired) electrons. The number of carbonyl (C=O) groups excluding carboxylic acids is 2. The highest BCUT2D eigenvalue weighted by atomic mass is 35.5. The van der Waals surface area contributed by atoms with Crippen LogP contribution in [-0.4, -0.2) is 21.2 Å². The molecule has 0 aliphatic carbocycles. The second-order valence-corrected chi connectivity index (χ2v) is 8.01. The van der Waals surface area contributed by atoms with Crippen molar-refractivity contribution in [2.45, 2.75) is 6.54 Å². The Morgan fingerprint density at radius 3 is 2.38 bits per heavy atom. The number of nitrogens with zero attached hydrogens (tertiary/aromatic N) is 1. The van der Waals surface area contributed by atoms with Crippen molar-refractivity contribution in [3.63, 3.8) is 0 Å². The highest BCUT2D eigenvalue weighted by Crippen LogP contribution is 2.38. The number of halogens is 4. The number of phenolic OH excluding ortho intramolecular Hbond substituents is 1. The van der Waals surface area contributed by atoms with E-state index in [4.69, 9.17) is 46.4 Å². The van der Waals surface area contributed by atoms with Gasteiger partial charge in [0.15, 0.2) is 0 Å². The fourth-order valence-electron chi connectivity index (χ4n) is 2.29. The summed E-state index contributed by atoms with van der Waals surface area (Å²) >= 11 is 24.5. The van der Waals surface area contributed by atoms with Crippen LogP contribution in [0.1, 0.15) is 11.1 Å². The Hall–Kier alpha value is -1.37. The molecule has 134 valence electrons. The molecular formula is C17H9Cl4NO3S. The number of rotatable bonds is 3.